The molecular weight excluding hydrogens is 334 g/mol. The fourth-order valence-corrected chi connectivity index (χ4v) is 3.34. The molecule has 0 bridgehead atoms. The number of nitrogens with one attached hydrogen (secondary N) is 1. The van der Waals surface area contributed by atoms with E-state index in [1.807, 2.05) is 66.3 Å². The van der Waals surface area contributed by atoms with Crippen LogP contribution in [0.2, 0.25) is 0 Å². The molecule has 1 N–H and O–H groups in total. The number of hydrogen-bond acceptors (Lipinski definition) is 2. The smallest absolute Gasteiger partial charge is 0.225 e. The Morgan fingerprint density at radius 3 is 2.48 bits per heavy atom. The first-order valence-corrected chi connectivity index (χ1v) is 9.00. The average Bonchev–Trinajstić information content (AvgIpc) is 3.12. The van der Waals surface area contributed by atoms with E-state index in [1.54, 1.807) is 6.20 Å². The molecule has 1 aromatic heterocycles. The molecule has 0 aliphatic heterocycles. The molecule has 0 radical (unpaired) electrons. The van der Waals surface area contributed by atoms with E-state index in [0.29, 0.717) is 6.42 Å². The zero-order valence-electron chi connectivity index (χ0n) is 15.2. The van der Waals surface area contributed by atoms with E-state index in [-0.39, 0.29) is 11.9 Å². The van der Waals surface area contributed by atoms with Crippen molar-refractivity contribution in [2.75, 3.05) is 0 Å². The van der Waals surface area contributed by atoms with Crippen LogP contribution in [0, 0.1) is 0 Å². The minimum atomic E-state index is -0.279. The molecule has 27 heavy (non-hydrogen) atoms. The summed E-state index contributed by atoms with van der Waals surface area (Å²) >= 11 is 0. The summed E-state index contributed by atoms with van der Waals surface area (Å²) < 4.78 is 1.94. The van der Waals surface area contributed by atoms with Crippen molar-refractivity contribution in [3.63, 3.8) is 0 Å². The molecule has 1 atom stereocenters. The predicted octanol–water partition coefficient (Wildman–Crippen LogP) is 4.02. The Bertz CT molecular complexity index is 1070. The van der Waals surface area contributed by atoms with Crippen LogP contribution in [0.5, 0.6) is 0 Å². The normalized spacial score (nSPS) is 12.0. The van der Waals surface area contributed by atoms with Crippen molar-refractivity contribution in [3.05, 3.63) is 102 Å². The van der Waals surface area contributed by atoms with Gasteiger partial charge >= 0.3 is 0 Å². The van der Waals surface area contributed by atoms with Crippen molar-refractivity contribution in [1.29, 1.82) is 0 Å². The Balaban J connectivity index is 1.57. The lowest BCUT2D eigenvalue weighted by Gasteiger charge is -2.19. The van der Waals surface area contributed by atoms with Gasteiger partial charge in [-0.3, -0.25) is 4.79 Å². The molecule has 0 aliphatic carbocycles. The number of amides is 1. The van der Waals surface area contributed by atoms with E-state index >= 15 is 0 Å². The number of rotatable bonds is 5. The SMILES string of the molecule is Cn1ccnc1[C@@H](NC(=O)Cc1ccc2ccccc2c1)c1ccccc1. The van der Waals surface area contributed by atoms with E-state index < -0.39 is 0 Å². The molecule has 4 nitrogen and oxygen atoms in total. The van der Waals surface area contributed by atoms with Crippen molar-refractivity contribution in [1.82, 2.24) is 14.9 Å². The second-order valence-corrected chi connectivity index (χ2v) is 6.67. The predicted molar refractivity (Wildman–Crippen MR) is 107 cm³/mol. The van der Waals surface area contributed by atoms with Crippen LogP contribution < -0.4 is 5.32 Å². The summed E-state index contributed by atoms with van der Waals surface area (Å²) in [5.74, 6) is 0.787. The van der Waals surface area contributed by atoms with Crippen LogP contribution in [0.4, 0.5) is 0 Å². The fraction of sp³-hybridized carbons (Fsp3) is 0.130. The molecule has 4 aromatic rings. The van der Waals surface area contributed by atoms with E-state index in [4.69, 9.17) is 0 Å². The third-order valence-electron chi connectivity index (χ3n) is 4.73. The van der Waals surface area contributed by atoms with Crippen LogP contribution in [0.1, 0.15) is 23.0 Å². The highest BCUT2D eigenvalue weighted by molar-refractivity contribution is 5.85. The molecule has 134 valence electrons. The Morgan fingerprint density at radius 2 is 1.74 bits per heavy atom. The number of nitrogens with zero attached hydrogens (tertiary/aromatic N) is 2. The lowest BCUT2D eigenvalue weighted by Crippen LogP contribution is -2.32. The van der Waals surface area contributed by atoms with Gasteiger partial charge in [0.05, 0.1) is 6.42 Å². The topological polar surface area (TPSA) is 46.9 Å². The minimum Gasteiger partial charge on any atom is -0.342 e. The highest BCUT2D eigenvalue weighted by atomic mass is 16.1. The molecule has 0 saturated carbocycles. The highest BCUT2D eigenvalue weighted by Gasteiger charge is 2.20. The molecule has 0 unspecified atom stereocenters. The van der Waals surface area contributed by atoms with Gasteiger partial charge in [0.1, 0.15) is 11.9 Å². The third-order valence-corrected chi connectivity index (χ3v) is 4.73. The number of carbonyl (C=O) groups excluding carboxylic acids is 1. The van der Waals surface area contributed by atoms with Gasteiger partial charge in [-0.25, -0.2) is 4.98 Å². The molecule has 4 rings (SSSR count). The maximum absolute atomic E-state index is 12.8. The number of imidazole rings is 1. The molecule has 0 saturated heterocycles. The number of fused-ring (bicyclic) bond motifs is 1. The summed E-state index contributed by atoms with van der Waals surface area (Å²) in [7, 11) is 1.94. The number of hydrogen-bond donors (Lipinski definition) is 1. The number of benzene rings is 3. The van der Waals surface area contributed by atoms with Gasteiger partial charge in [-0.15, -0.1) is 0 Å². The Labute approximate surface area is 158 Å². The van der Waals surface area contributed by atoms with Crippen molar-refractivity contribution in [3.8, 4) is 0 Å². The monoisotopic (exact) mass is 355 g/mol. The van der Waals surface area contributed by atoms with Gasteiger partial charge in [-0.05, 0) is 21.9 Å². The molecular formula is C23H21N3O. The van der Waals surface area contributed by atoms with E-state index in [9.17, 15) is 4.79 Å². The van der Waals surface area contributed by atoms with Crippen LogP contribution >= 0.6 is 0 Å². The summed E-state index contributed by atoms with van der Waals surface area (Å²) in [6.45, 7) is 0. The van der Waals surface area contributed by atoms with Crippen molar-refractivity contribution < 1.29 is 4.79 Å². The van der Waals surface area contributed by atoms with Crippen LogP contribution in [-0.2, 0) is 18.3 Å². The molecule has 4 heteroatoms. The largest absolute Gasteiger partial charge is 0.342 e. The minimum absolute atomic E-state index is 0.0258. The molecule has 0 spiro atoms. The van der Waals surface area contributed by atoms with Gasteiger partial charge in [0.25, 0.3) is 0 Å². The maximum atomic E-state index is 12.8. The molecule has 1 heterocycles. The quantitative estimate of drug-likeness (QED) is 0.588. The summed E-state index contributed by atoms with van der Waals surface area (Å²) in [6, 6.07) is 24.0. The summed E-state index contributed by atoms with van der Waals surface area (Å²) in [4.78, 5) is 17.2. The van der Waals surface area contributed by atoms with Gasteiger partial charge in [0.2, 0.25) is 5.91 Å². The van der Waals surface area contributed by atoms with Crippen LogP contribution in [-0.4, -0.2) is 15.5 Å². The first kappa shape index (κ1) is 17.0. The second-order valence-electron chi connectivity index (χ2n) is 6.67. The Kier molecular flexibility index (Phi) is 4.71. The number of carbonyl (C=O) groups is 1. The van der Waals surface area contributed by atoms with E-state index in [1.165, 1.54) is 5.39 Å². The summed E-state index contributed by atoms with van der Waals surface area (Å²) in [6.07, 6.45) is 3.97. The van der Waals surface area contributed by atoms with Crippen LogP contribution in [0.25, 0.3) is 10.8 Å². The van der Waals surface area contributed by atoms with Crippen molar-refractivity contribution in [2.45, 2.75) is 12.5 Å². The maximum Gasteiger partial charge on any atom is 0.225 e. The Morgan fingerprint density at radius 1 is 1.00 bits per heavy atom. The summed E-state index contributed by atoms with van der Waals surface area (Å²) in [5, 5.41) is 5.47. The lowest BCUT2D eigenvalue weighted by molar-refractivity contribution is -0.121. The molecule has 1 amide bonds. The first-order valence-electron chi connectivity index (χ1n) is 9.00. The molecule has 0 fully saturated rings. The van der Waals surface area contributed by atoms with Gasteiger partial charge in [0.15, 0.2) is 0 Å². The van der Waals surface area contributed by atoms with E-state index in [0.717, 1.165) is 22.3 Å². The van der Waals surface area contributed by atoms with E-state index in [2.05, 4.69) is 34.6 Å². The van der Waals surface area contributed by atoms with Gasteiger partial charge in [-0.1, -0.05) is 72.8 Å². The van der Waals surface area contributed by atoms with Crippen molar-refractivity contribution >= 4 is 16.7 Å². The standard InChI is InChI=1S/C23H21N3O/c1-26-14-13-24-23(26)22(19-8-3-2-4-9-19)25-21(27)16-17-11-12-18-7-5-6-10-20(18)15-17/h2-15,22H,16H2,1H3,(H,25,27)/t22-/m0/s1. The first-order chi connectivity index (χ1) is 13.2. The number of aromatic nitrogens is 2. The molecule has 0 aliphatic rings. The van der Waals surface area contributed by atoms with Crippen LogP contribution in [0.3, 0.4) is 0 Å². The Hall–Kier alpha value is -3.40. The third kappa shape index (κ3) is 3.75. The second kappa shape index (κ2) is 7.46. The highest BCUT2D eigenvalue weighted by Crippen LogP contribution is 2.21. The fourth-order valence-electron chi connectivity index (χ4n) is 3.34. The zero-order valence-corrected chi connectivity index (χ0v) is 15.2. The van der Waals surface area contributed by atoms with Gasteiger partial charge < -0.3 is 9.88 Å². The average molecular weight is 355 g/mol. The van der Waals surface area contributed by atoms with Crippen LogP contribution in [0.15, 0.2) is 85.2 Å². The molecule has 3 aromatic carbocycles. The lowest BCUT2D eigenvalue weighted by atomic mass is 10.0. The number of aryl methyl sites for hydroxylation is 1. The summed E-state index contributed by atoms with van der Waals surface area (Å²) in [5.41, 5.74) is 2.01. The van der Waals surface area contributed by atoms with Gasteiger partial charge in [0, 0.05) is 19.4 Å². The zero-order chi connectivity index (χ0) is 18.6. The van der Waals surface area contributed by atoms with Crippen molar-refractivity contribution in [2.24, 2.45) is 7.05 Å². The van der Waals surface area contributed by atoms with Gasteiger partial charge in [-0.2, -0.15) is 0 Å².